The van der Waals surface area contributed by atoms with Gasteiger partial charge in [0, 0.05) is 25.7 Å². The smallest absolute Gasteiger partial charge is 0.273 e. The Morgan fingerprint density at radius 3 is 2.67 bits per heavy atom. The lowest BCUT2D eigenvalue weighted by atomic mass is 9.96. The number of aliphatic hydroxyl groups is 1. The summed E-state index contributed by atoms with van der Waals surface area (Å²) < 4.78 is 5.05. The van der Waals surface area contributed by atoms with Crippen LogP contribution in [0.2, 0.25) is 0 Å². The van der Waals surface area contributed by atoms with Gasteiger partial charge in [-0.25, -0.2) is 0 Å². The van der Waals surface area contributed by atoms with Crippen molar-refractivity contribution in [3.05, 3.63) is 33.9 Å². The van der Waals surface area contributed by atoms with Crippen LogP contribution in [-0.4, -0.2) is 40.7 Å². The van der Waals surface area contributed by atoms with Gasteiger partial charge in [-0.15, -0.1) is 0 Å². The van der Waals surface area contributed by atoms with Crippen LogP contribution in [0.4, 0.5) is 5.69 Å². The molecule has 6 nitrogen and oxygen atoms in total. The molecule has 1 aliphatic heterocycles. The van der Waals surface area contributed by atoms with Crippen molar-refractivity contribution < 1.29 is 14.8 Å². The van der Waals surface area contributed by atoms with E-state index in [1.807, 2.05) is 4.90 Å². The van der Waals surface area contributed by atoms with E-state index in [0.29, 0.717) is 25.4 Å². The summed E-state index contributed by atoms with van der Waals surface area (Å²) in [7, 11) is 1.48. The van der Waals surface area contributed by atoms with Crippen molar-refractivity contribution in [2.75, 3.05) is 20.2 Å². The number of likely N-dealkylation sites (tertiary alicyclic amines) is 1. The molecule has 18 heavy (non-hydrogen) atoms. The minimum Gasteiger partial charge on any atom is -0.496 e. The Labute approximate surface area is 105 Å². The predicted molar refractivity (Wildman–Crippen MR) is 65.5 cm³/mol. The van der Waals surface area contributed by atoms with Crippen molar-refractivity contribution in [1.82, 2.24) is 4.90 Å². The number of hydrogen-bond acceptors (Lipinski definition) is 5. The van der Waals surface area contributed by atoms with E-state index >= 15 is 0 Å². The summed E-state index contributed by atoms with van der Waals surface area (Å²) in [5.74, 6) is 0.478. The third kappa shape index (κ3) is 2.77. The maximum absolute atomic E-state index is 10.8. The Balaban J connectivity index is 2.12. The molecule has 0 saturated carbocycles. The minimum atomic E-state index is -0.634. The lowest BCUT2D eigenvalue weighted by Gasteiger charge is -2.44. The van der Waals surface area contributed by atoms with Crippen molar-refractivity contribution in [1.29, 1.82) is 0 Å². The van der Waals surface area contributed by atoms with Gasteiger partial charge in [0.15, 0.2) is 0 Å². The van der Waals surface area contributed by atoms with Crippen molar-refractivity contribution in [3.63, 3.8) is 0 Å². The van der Waals surface area contributed by atoms with Crippen LogP contribution in [0, 0.1) is 10.1 Å². The van der Waals surface area contributed by atoms with Gasteiger partial charge in [-0.1, -0.05) is 0 Å². The SMILES string of the molecule is COc1cc(CN2CC(C)(O)C2)cc([N+](=O)[O-])c1. The van der Waals surface area contributed by atoms with E-state index < -0.39 is 10.5 Å². The average molecular weight is 252 g/mol. The Morgan fingerprint density at radius 1 is 1.50 bits per heavy atom. The summed E-state index contributed by atoms with van der Waals surface area (Å²) in [4.78, 5) is 12.4. The summed E-state index contributed by atoms with van der Waals surface area (Å²) >= 11 is 0. The number of non-ortho nitro benzene ring substituents is 1. The first-order valence-electron chi connectivity index (χ1n) is 5.67. The van der Waals surface area contributed by atoms with Crippen LogP contribution >= 0.6 is 0 Å². The Hall–Kier alpha value is -1.66. The lowest BCUT2D eigenvalue weighted by molar-refractivity contribution is -0.385. The highest BCUT2D eigenvalue weighted by Gasteiger charge is 2.36. The molecule has 1 aromatic rings. The third-order valence-corrected chi connectivity index (χ3v) is 2.93. The fraction of sp³-hybridized carbons (Fsp3) is 0.500. The lowest BCUT2D eigenvalue weighted by Crippen LogP contribution is -2.59. The third-order valence-electron chi connectivity index (χ3n) is 2.93. The first kappa shape index (κ1) is 12.8. The van der Waals surface area contributed by atoms with E-state index in [1.54, 1.807) is 13.0 Å². The number of rotatable bonds is 4. The van der Waals surface area contributed by atoms with Gasteiger partial charge < -0.3 is 9.84 Å². The van der Waals surface area contributed by atoms with Gasteiger partial charge in [0.1, 0.15) is 5.75 Å². The molecular weight excluding hydrogens is 236 g/mol. The quantitative estimate of drug-likeness (QED) is 0.643. The molecule has 1 N–H and O–H groups in total. The predicted octanol–water partition coefficient (Wildman–Crippen LogP) is 1.17. The van der Waals surface area contributed by atoms with E-state index in [2.05, 4.69) is 0 Å². The molecule has 0 bridgehead atoms. The fourth-order valence-electron chi connectivity index (χ4n) is 2.25. The largest absolute Gasteiger partial charge is 0.496 e. The maximum atomic E-state index is 10.8. The average Bonchev–Trinajstić information content (AvgIpc) is 2.26. The topological polar surface area (TPSA) is 75.8 Å². The van der Waals surface area contributed by atoms with Crippen LogP contribution in [0.15, 0.2) is 18.2 Å². The molecule has 1 fully saturated rings. The summed E-state index contributed by atoms with van der Waals surface area (Å²) in [5, 5.41) is 20.4. The number of β-amino-alcohol motifs (C(OH)–C–C–N with tert-alkyl or cyclic N) is 1. The number of hydrogen-bond donors (Lipinski definition) is 1. The zero-order valence-electron chi connectivity index (χ0n) is 10.4. The Morgan fingerprint density at radius 2 is 2.17 bits per heavy atom. The van der Waals surface area contributed by atoms with Gasteiger partial charge in [-0.2, -0.15) is 0 Å². The van der Waals surface area contributed by atoms with Crippen LogP contribution in [0.1, 0.15) is 12.5 Å². The molecule has 0 atom stereocenters. The van der Waals surface area contributed by atoms with Crippen molar-refractivity contribution in [2.45, 2.75) is 19.1 Å². The standard InChI is InChI=1S/C12H16N2O4/c1-12(15)7-13(8-12)6-9-3-10(14(16)17)5-11(4-9)18-2/h3-5,15H,6-8H2,1-2H3. The zero-order chi connectivity index (χ0) is 13.3. The van der Waals surface area contributed by atoms with E-state index in [-0.39, 0.29) is 5.69 Å². The van der Waals surface area contributed by atoms with Crippen LogP contribution in [-0.2, 0) is 6.54 Å². The van der Waals surface area contributed by atoms with E-state index in [1.165, 1.54) is 19.2 Å². The summed E-state index contributed by atoms with van der Waals surface area (Å²) in [6, 6.07) is 4.71. The molecule has 0 unspecified atom stereocenters. The van der Waals surface area contributed by atoms with E-state index in [0.717, 1.165) is 5.56 Å². The van der Waals surface area contributed by atoms with Crippen LogP contribution < -0.4 is 4.74 Å². The molecule has 2 rings (SSSR count). The first-order valence-corrected chi connectivity index (χ1v) is 5.67. The highest BCUT2D eigenvalue weighted by molar-refractivity contribution is 5.42. The monoisotopic (exact) mass is 252 g/mol. The number of nitro benzene ring substituents is 1. The molecule has 1 aromatic carbocycles. The van der Waals surface area contributed by atoms with Crippen LogP contribution in [0.3, 0.4) is 0 Å². The minimum absolute atomic E-state index is 0.0247. The Bertz CT molecular complexity index is 465. The molecular formula is C12H16N2O4. The molecule has 98 valence electrons. The second kappa shape index (κ2) is 4.55. The molecule has 0 amide bonds. The molecule has 0 spiro atoms. The number of benzene rings is 1. The molecule has 0 aliphatic carbocycles. The zero-order valence-corrected chi connectivity index (χ0v) is 10.4. The number of nitrogens with zero attached hydrogens (tertiary/aromatic N) is 2. The summed E-state index contributed by atoms with van der Waals surface area (Å²) in [6.07, 6.45) is 0. The van der Waals surface area contributed by atoms with Crippen LogP contribution in [0.25, 0.3) is 0 Å². The van der Waals surface area contributed by atoms with Crippen molar-refractivity contribution in [2.24, 2.45) is 0 Å². The normalized spacial score (nSPS) is 18.2. The van der Waals surface area contributed by atoms with Gasteiger partial charge in [-0.3, -0.25) is 15.0 Å². The number of methoxy groups -OCH3 is 1. The first-order chi connectivity index (χ1) is 8.39. The van der Waals surface area contributed by atoms with Gasteiger partial charge >= 0.3 is 0 Å². The number of ether oxygens (including phenoxy) is 1. The molecule has 6 heteroatoms. The van der Waals surface area contributed by atoms with Crippen molar-refractivity contribution >= 4 is 5.69 Å². The molecule has 1 aliphatic rings. The van der Waals surface area contributed by atoms with E-state index in [4.69, 9.17) is 4.74 Å². The molecule has 1 saturated heterocycles. The summed E-state index contributed by atoms with van der Waals surface area (Å²) in [6.45, 7) is 3.52. The summed E-state index contributed by atoms with van der Waals surface area (Å²) in [5.41, 5.74) is 0.207. The van der Waals surface area contributed by atoms with Gasteiger partial charge in [-0.05, 0) is 18.6 Å². The fourth-order valence-corrected chi connectivity index (χ4v) is 2.25. The second-order valence-corrected chi connectivity index (χ2v) is 4.94. The number of nitro groups is 1. The molecule has 0 radical (unpaired) electrons. The van der Waals surface area contributed by atoms with Gasteiger partial charge in [0.25, 0.3) is 5.69 Å². The van der Waals surface area contributed by atoms with Crippen molar-refractivity contribution in [3.8, 4) is 5.75 Å². The molecule has 0 aromatic heterocycles. The highest BCUT2D eigenvalue weighted by Crippen LogP contribution is 2.26. The van der Waals surface area contributed by atoms with Gasteiger partial charge in [0.2, 0.25) is 0 Å². The second-order valence-electron chi connectivity index (χ2n) is 4.94. The molecule has 1 heterocycles. The van der Waals surface area contributed by atoms with Gasteiger partial charge in [0.05, 0.1) is 23.7 Å². The van der Waals surface area contributed by atoms with E-state index in [9.17, 15) is 15.2 Å². The Kier molecular flexibility index (Phi) is 3.23. The van der Waals surface area contributed by atoms with Crippen LogP contribution in [0.5, 0.6) is 5.75 Å². The highest BCUT2D eigenvalue weighted by atomic mass is 16.6. The maximum Gasteiger partial charge on any atom is 0.273 e.